The number of methoxy groups -OCH3 is 1. The summed E-state index contributed by atoms with van der Waals surface area (Å²) >= 11 is 6.05. The van der Waals surface area contributed by atoms with Crippen molar-refractivity contribution in [2.24, 2.45) is 0 Å². The Morgan fingerprint density at radius 3 is 2.57 bits per heavy atom. The van der Waals surface area contributed by atoms with Crippen LogP contribution in [0.1, 0.15) is 24.8 Å². The molecule has 2 aromatic carbocycles. The fraction of sp³-hybridized carbons (Fsp3) is 0.364. The Morgan fingerprint density at radius 2 is 1.90 bits per heavy atom. The van der Waals surface area contributed by atoms with Gasteiger partial charge in [-0.3, -0.25) is 4.79 Å². The van der Waals surface area contributed by atoms with Crippen LogP contribution in [0.3, 0.4) is 0 Å². The van der Waals surface area contributed by atoms with Crippen molar-refractivity contribution < 1.29 is 14.3 Å². The number of carbonyl (C=O) groups excluding carboxylic acids is 2. The van der Waals surface area contributed by atoms with Gasteiger partial charge in [-0.25, -0.2) is 15.2 Å². The average molecular weight is 429 g/mol. The molecule has 30 heavy (non-hydrogen) atoms. The number of rotatable bonds is 5. The van der Waals surface area contributed by atoms with Gasteiger partial charge in [-0.2, -0.15) is 0 Å². The summed E-state index contributed by atoms with van der Waals surface area (Å²) < 4.78 is 5.16. The predicted octanol–water partition coefficient (Wildman–Crippen LogP) is 3.33. The van der Waals surface area contributed by atoms with Gasteiger partial charge in [0.05, 0.1) is 12.8 Å². The first-order chi connectivity index (χ1) is 14.5. The number of anilines is 1. The highest BCUT2D eigenvalue weighted by molar-refractivity contribution is 6.30. The lowest BCUT2D eigenvalue weighted by Crippen LogP contribution is -2.58. The third-order valence-electron chi connectivity index (χ3n) is 5.70. The number of urea groups is 1. The molecule has 7 nitrogen and oxygen atoms in total. The number of benzene rings is 2. The molecule has 2 saturated heterocycles. The Bertz CT molecular complexity index is 926. The summed E-state index contributed by atoms with van der Waals surface area (Å²) in [6.45, 7) is 1.19. The van der Waals surface area contributed by atoms with E-state index in [1.165, 1.54) is 5.01 Å². The van der Waals surface area contributed by atoms with Gasteiger partial charge in [0, 0.05) is 37.4 Å². The van der Waals surface area contributed by atoms with E-state index in [2.05, 4.69) is 10.7 Å². The first kappa shape index (κ1) is 20.5. The Balaban J connectivity index is 1.31. The first-order valence-electron chi connectivity index (χ1n) is 10.0. The van der Waals surface area contributed by atoms with Crippen LogP contribution < -0.4 is 20.5 Å². The van der Waals surface area contributed by atoms with Crippen molar-refractivity contribution in [3.8, 4) is 5.75 Å². The van der Waals surface area contributed by atoms with Gasteiger partial charge in [0.15, 0.2) is 0 Å². The number of halogens is 1. The minimum atomic E-state index is -0.536. The molecule has 0 saturated carbocycles. The zero-order chi connectivity index (χ0) is 21.1. The number of ether oxygens (including phenoxy) is 1. The van der Waals surface area contributed by atoms with Crippen LogP contribution in [0.25, 0.3) is 0 Å². The van der Waals surface area contributed by atoms with E-state index >= 15 is 0 Å². The summed E-state index contributed by atoms with van der Waals surface area (Å²) in [7, 11) is 1.64. The van der Waals surface area contributed by atoms with E-state index < -0.39 is 5.66 Å². The number of nitrogens with one attached hydrogen (secondary N) is 2. The predicted molar refractivity (Wildman–Crippen MR) is 115 cm³/mol. The number of likely N-dealkylation sites (tertiary alicyclic amines) is 1. The van der Waals surface area contributed by atoms with Crippen molar-refractivity contribution in [1.29, 1.82) is 0 Å². The monoisotopic (exact) mass is 428 g/mol. The molecule has 2 fully saturated rings. The lowest BCUT2D eigenvalue weighted by Gasteiger charge is -2.39. The number of nitrogens with zero attached hydrogens (tertiary/aromatic N) is 2. The van der Waals surface area contributed by atoms with Crippen LogP contribution in [0.2, 0.25) is 5.02 Å². The van der Waals surface area contributed by atoms with Gasteiger partial charge in [-0.1, -0.05) is 29.8 Å². The molecule has 1 spiro atoms. The summed E-state index contributed by atoms with van der Waals surface area (Å²) in [5.74, 6) is 0.945. The maximum absolute atomic E-state index is 12.7. The van der Waals surface area contributed by atoms with Gasteiger partial charge in [0.25, 0.3) is 0 Å². The van der Waals surface area contributed by atoms with Crippen LogP contribution in [-0.4, -0.2) is 42.7 Å². The maximum atomic E-state index is 12.7. The van der Waals surface area contributed by atoms with Gasteiger partial charge in [0.2, 0.25) is 5.91 Å². The SMILES string of the molecule is COc1ccc(CCC(=O)N2CCC3(CC2)NC(=O)N(c2cccc(Cl)c2)N3)cc1. The van der Waals surface area contributed by atoms with Crippen LogP contribution in [0.4, 0.5) is 10.5 Å². The molecule has 2 heterocycles. The molecule has 2 aromatic rings. The number of hydrogen-bond acceptors (Lipinski definition) is 4. The highest BCUT2D eigenvalue weighted by Gasteiger charge is 2.45. The molecular formula is C22H25ClN4O3. The minimum absolute atomic E-state index is 0.136. The number of aryl methyl sites for hydroxylation is 1. The normalized spacial score (nSPS) is 17.9. The second-order valence-corrected chi connectivity index (χ2v) is 8.10. The molecule has 0 unspecified atom stereocenters. The van der Waals surface area contributed by atoms with Crippen LogP contribution in [0, 0.1) is 0 Å². The van der Waals surface area contributed by atoms with E-state index in [1.807, 2.05) is 41.3 Å². The van der Waals surface area contributed by atoms with Gasteiger partial charge < -0.3 is 15.0 Å². The zero-order valence-electron chi connectivity index (χ0n) is 16.9. The third-order valence-corrected chi connectivity index (χ3v) is 5.93. The van der Waals surface area contributed by atoms with Crippen LogP contribution >= 0.6 is 11.6 Å². The number of carbonyl (C=O) groups is 2. The van der Waals surface area contributed by atoms with Crippen molar-refractivity contribution in [2.75, 3.05) is 25.2 Å². The minimum Gasteiger partial charge on any atom is -0.497 e. The average Bonchev–Trinajstić information content (AvgIpc) is 3.08. The topological polar surface area (TPSA) is 73.9 Å². The first-order valence-corrected chi connectivity index (χ1v) is 10.4. The zero-order valence-corrected chi connectivity index (χ0v) is 17.6. The molecule has 0 aliphatic carbocycles. The van der Waals surface area contributed by atoms with E-state index in [0.29, 0.717) is 49.5 Å². The van der Waals surface area contributed by atoms with E-state index in [1.54, 1.807) is 19.2 Å². The molecule has 0 bridgehead atoms. The number of hydrazine groups is 1. The van der Waals surface area contributed by atoms with Crippen molar-refractivity contribution in [3.63, 3.8) is 0 Å². The fourth-order valence-corrected chi connectivity index (χ4v) is 4.11. The van der Waals surface area contributed by atoms with Gasteiger partial charge in [0.1, 0.15) is 11.4 Å². The van der Waals surface area contributed by atoms with E-state index in [4.69, 9.17) is 16.3 Å². The number of hydrogen-bond donors (Lipinski definition) is 2. The van der Waals surface area contributed by atoms with E-state index in [-0.39, 0.29) is 11.9 Å². The molecule has 2 aliphatic heterocycles. The van der Waals surface area contributed by atoms with Gasteiger partial charge in [-0.05, 0) is 42.3 Å². The largest absolute Gasteiger partial charge is 0.497 e. The third kappa shape index (κ3) is 4.37. The molecule has 2 aliphatic rings. The van der Waals surface area contributed by atoms with Crippen molar-refractivity contribution in [1.82, 2.24) is 15.6 Å². The standard InChI is InChI=1S/C22H25ClN4O3/c1-30-19-8-5-16(6-9-19)7-10-20(28)26-13-11-22(12-14-26)24-21(29)27(25-22)18-4-2-3-17(23)15-18/h2-6,8-9,15,25H,7,10-14H2,1H3,(H,24,29). The van der Waals surface area contributed by atoms with Crippen LogP contribution in [0.5, 0.6) is 5.75 Å². The van der Waals surface area contributed by atoms with E-state index in [0.717, 1.165) is 11.3 Å². The molecule has 0 atom stereocenters. The summed E-state index contributed by atoms with van der Waals surface area (Å²) in [5, 5.41) is 5.11. The van der Waals surface area contributed by atoms with E-state index in [9.17, 15) is 9.59 Å². The number of piperidine rings is 1. The highest BCUT2D eigenvalue weighted by Crippen LogP contribution is 2.28. The molecule has 2 N–H and O–H groups in total. The second-order valence-electron chi connectivity index (χ2n) is 7.67. The van der Waals surface area contributed by atoms with Crippen molar-refractivity contribution >= 4 is 29.2 Å². The number of amides is 3. The Hall–Kier alpha value is -2.77. The molecule has 0 radical (unpaired) electrons. The van der Waals surface area contributed by atoms with Crippen molar-refractivity contribution in [2.45, 2.75) is 31.3 Å². The summed E-state index contributed by atoms with van der Waals surface area (Å²) in [4.78, 5) is 27.0. The molecule has 0 aromatic heterocycles. The second kappa shape index (κ2) is 8.53. The molecule has 8 heteroatoms. The van der Waals surface area contributed by atoms with Gasteiger partial charge in [-0.15, -0.1) is 0 Å². The van der Waals surface area contributed by atoms with Crippen molar-refractivity contribution in [3.05, 3.63) is 59.1 Å². The fourth-order valence-electron chi connectivity index (χ4n) is 3.93. The molecular weight excluding hydrogens is 404 g/mol. The quantitative estimate of drug-likeness (QED) is 0.766. The lowest BCUT2D eigenvalue weighted by atomic mass is 9.97. The summed E-state index contributed by atoms with van der Waals surface area (Å²) in [6, 6.07) is 14.7. The molecule has 3 amide bonds. The van der Waals surface area contributed by atoms with Gasteiger partial charge >= 0.3 is 6.03 Å². The summed E-state index contributed by atoms with van der Waals surface area (Å²) in [5.41, 5.74) is 4.56. The Morgan fingerprint density at radius 1 is 1.17 bits per heavy atom. The lowest BCUT2D eigenvalue weighted by molar-refractivity contribution is -0.132. The highest BCUT2D eigenvalue weighted by atomic mass is 35.5. The maximum Gasteiger partial charge on any atom is 0.338 e. The Kier molecular flexibility index (Phi) is 5.83. The Labute approximate surface area is 180 Å². The summed E-state index contributed by atoms with van der Waals surface area (Å²) in [6.07, 6.45) is 2.45. The molecule has 4 rings (SSSR count). The smallest absolute Gasteiger partial charge is 0.338 e. The van der Waals surface area contributed by atoms with Crippen LogP contribution in [0.15, 0.2) is 48.5 Å². The van der Waals surface area contributed by atoms with Crippen LogP contribution in [-0.2, 0) is 11.2 Å². The molecule has 158 valence electrons.